The van der Waals surface area contributed by atoms with E-state index in [2.05, 4.69) is 0 Å². The van der Waals surface area contributed by atoms with Crippen LogP contribution in [0.15, 0.2) is 18.2 Å². The highest BCUT2D eigenvalue weighted by atomic mass is 16.5. The second-order valence-corrected chi connectivity index (χ2v) is 5.64. The first-order valence-corrected chi connectivity index (χ1v) is 7.17. The Bertz CT molecular complexity index is 517. The molecule has 0 amide bonds. The first-order valence-electron chi connectivity index (χ1n) is 7.17. The van der Waals surface area contributed by atoms with Gasteiger partial charge < -0.3 is 19.9 Å². The first-order chi connectivity index (χ1) is 9.98. The van der Waals surface area contributed by atoms with Gasteiger partial charge in [-0.1, -0.05) is 6.07 Å². The van der Waals surface area contributed by atoms with Gasteiger partial charge in [-0.2, -0.15) is 0 Å². The van der Waals surface area contributed by atoms with Crippen LogP contribution in [0.25, 0.3) is 0 Å². The Balaban J connectivity index is 2.11. The van der Waals surface area contributed by atoms with Crippen molar-refractivity contribution in [1.29, 1.82) is 0 Å². The highest BCUT2D eigenvalue weighted by Gasteiger charge is 2.41. The van der Waals surface area contributed by atoms with E-state index in [0.717, 1.165) is 18.4 Å². The number of benzene rings is 1. The van der Waals surface area contributed by atoms with Gasteiger partial charge in [-0.15, -0.1) is 0 Å². The van der Waals surface area contributed by atoms with Gasteiger partial charge in [0.15, 0.2) is 11.5 Å². The maximum absolute atomic E-state index is 11.8. The molecule has 1 aromatic rings. The standard InChI is InChI=1S/C16H23NO4/c1-11-6-7-13(14(9-11)19-2)21-12-5-4-8-16(17,10-12)15(18)20-3/h6-7,9,12H,4-5,8,10,17H2,1-3H3. The van der Waals surface area contributed by atoms with E-state index >= 15 is 0 Å². The molecule has 0 spiro atoms. The van der Waals surface area contributed by atoms with Gasteiger partial charge in [-0.25, -0.2) is 0 Å². The van der Waals surface area contributed by atoms with Crippen molar-refractivity contribution in [1.82, 2.24) is 0 Å². The van der Waals surface area contributed by atoms with E-state index in [1.807, 2.05) is 25.1 Å². The minimum Gasteiger partial charge on any atom is -0.493 e. The molecule has 5 heteroatoms. The number of aryl methyl sites for hydroxylation is 1. The second-order valence-electron chi connectivity index (χ2n) is 5.64. The third-order valence-corrected chi connectivity index (χ3v) is 3.95. The Hall–Kier alpha value is -1.75. The summed E-state index contributed by atoms with van der Waals surface area (Å²) >= 11 is 0. The number of rotatable bonds is 4. The smallest absolute Gasteiger partial charge is 0.325 e. The van der Waals surface area contributed by atoms with Gasteiger partial charge in [-0.05, 0) is 43.9 Å². The molecular formula is C16H23NO4. The number of esters is 1. The van der Waals surface area contributed by atoms with Gasteiger partial charge in [-0.3, -0.25) is 4.79 Å². The molecule has 0 heterocycles. The van der Waals surface area contributed by atoms with Crippen molar-refractivity contribution >= 4 is 5.97 Å². The van der Waals surface area contributed by atoms with Crippen molar-refractivity contribution in [3.05, 3.63) is 23.8 Å². The summed E-state index contributed by atoms with van der Waals surface area (Å²) in [6.45, 7) is 2.00. The van der Waals surface area contributed by atoms with E-state index in [0.29, 0.717) is 24.3 Å². The zero-order chi connectivity index (χ0) is 15.5. The van der Waals surface area contributed by atoms with E-state index in [1.165, 1.54) is 7.11 Å². The van der Waals surface area contributed by atoms with Gasteiger partial charge >= 0.3 is 5.97 Å². The number of hydrogen-bond acceptors (Lipinski definition) is 5. The molecule has 1 aliphatic rings. The van der Waals surface area contributed by atoms with Gasteiger partial charge in [0.2, 0.25) is 0 Å². The molecule has 1 saturated carbocycles. The lowest BCUT2D eigenvalue weighted by Crippen LogP contribution is -2.54. The van der Waals surface area contributed by atoms with Crippen LogP contribution >= 0.6 is 0 Å². The van der Waals surface area contributed by atoms with E-state index in [4.69, 9.17) is 19.9 Å². The molecule has 1 aromatic carbocycles. The van der Waals surface area contributed by atoms with Crippen LogP contribution in [0.1, 0.15) is 31.2 Å². The number of hydrogen-bond donors (Lipinski definition) is 1. The summed E-state index contributed by atoms with van der Waals surface area (Å²) in [5.74, 6) is 1.01. The van der Waals surface area contributed by atoms with Crippen molar-refractivity contribution in [3.63, 3.8) is 0 Å². The normalized spacial score (nSPS) is 25.2. The lowest BCUT2D eigenvalue weighted by atomic mass is 9.81. The molecule has 1 aliphatic carbocycles. The molecule has 2 N–H and O–H groups in total. The van der Waals surface area contributed by atoms with Gasteiger partial charge in [0, 0.05) is 6.42 Å². The predicted octanol–water partition coefficient (Wildman–Crippen LogP) is 2.20. The summed E-state index contributed by atoms with van der Waals surface area (Å²) in [4.78, 5) is 11.8. The molecule has 0 saturated heterocycles. The maximum Gasteiger partial charge on any atom is 0.325 e. The van der Waals surface area contributed by atoms with Crippen molar-refractivity contribution < 1.29 is 19.0 Å². The van der Waals surface area contributed by atoms with Crippen LogP contribution in [0.4, 0.5) is 0 Å². The van der Waals surface area contributed by atoms with Crippen molar-refractivity contribution in [2.45, 2.75) is 44.2 Å². The van der Waals surface area contributed by atoms with E-state index in [9.17, 15) is 4.79 Å². The van der Waals surface area contributed by atoms with E-state index in [1.54, 1.807) is 7.11 Å². The molecule has 116 valence electrons. The molecule has 0 aliphatic heterocycles. The quantitative estimate of drug-likeness (QED) is 0.862. The Morgan fingerprint density at radius 3 is 2.76 bits per heavy atom. The molecule has 1 fully saturated rings. The zero-order valence-electron chi connectivity index (χ0n) is 12.8. The zero-order valence-corrected chi connectivity index (χ0v) is 12.8. The largest absolute Gasteiger partial charge is 0.493 e. The Morgan fingerprint density at radius 2 is 2.10 bits per heavy atom. The summed E-state index contributed by atoms with van der Waals surface area (Å²) in [6.07, 6.45) is 2.68. The topological polar surface area (TPSA) is 70.8 Å². The molecule has 2 atom stereocenters. The monoisotopic (exact) mass is 293 g/mol. The lowest BCUT2D eigenvalue weighted by molar-refractivity contribution is -0.149. The predicted molar refractivity (Wildman–Crippen MR) is 79.5 cm³/mol. The van der Waals surface area contributed by atoms with Crippen LogP contribution in [-0.4, -0.2) is 31.8 Å². The molecule has 5 nitrogen and oxygen atoms in total. The van der Waals surface area contributed by atoms with Crippen LogP contribution in [0.3, 0.4) is 0 Å². The highest BCUT2D eigenvalue weighted by Crippen LogP contribution is 2.34. The first kappa shape index (κ1) is 15.6. The van der Waals surface area contributed by atoms with Crippen molar-refractivity contribution in [2.24, 2.45) is 5.73 Å². The van der Waals surface area contributed by atoms with Gasteiger partial charge in [0.05, 0.1) is 14.2 Å². The molecule has 0 bridgehead atoms. The Morgan fingerprint density at radius 1 is 1.33 bits per heavy atom. The Kier molecular flexibility index (Phi) is 4.73. The number of methoxy groups -OCH3 is 2. The fraction of sp³-hybridized carbons (Fsp3) is 0.562. The fourth-order valence-electron chi connectivity index (χ4n) is 2.80. The van der Waals surface area contributed by atoms with E-state index < -0.39 is 5.54 Å². The minimum absolute atomic E-state index is 0.112. The number of nitrogens with two attached hydrogens (primary N) is 1. The van der Waals surface area contributed by atoms with Gasteiger partial charge in [0.25, 0.3) is 0 Å². The summed E-state index contributed by atoms with van der Waals surface area (Å²) in [7, 11) is 2.98. The SMILES string of the molecule is COC(=O)C1(N)CCCC(Oc2ccc(C)cc2OC)C1. The minimum atomic E-state index is -0.949. The van der Waals surface area contributed by atoms with Crippen LogP contribution in [-0.2, 0) is 9.53 Å². The lowest BCUT2D eigenvalue weighted by Gasteiger charge is -2.35. The van der Waals surface area contributed by atoms with Crippen LogP contribution in [0.2, 0.25) is 0 Å². The highest BCUT2D eigenvalue weighted by molar-refractivity contribution is 5.80. The summed E-state index contributed by atoms with van der Waals surface area (Å²) in [5, 5.41) is 0. The Labute approximate surface area is 125 Å². The van der Waals surface area contributed by atoms with Gasteiger partial charge in [0.1, 0.15) is 11.6 Å². The van der Waals surface area contributed by atoms with E-state index in [-0.39, 0.29) is 12.1 Å². The number of ether oxygens (including phenoxy) is 3. The molecule has 0 aromatic heterocycles. The second kappa shape index (κ2) is 6.35. The van der Waals surface area contributed by atoms with Crippen molar-refractivity contribution in [2.75, 3.05) is 14.2 Å². The molecule has 0 radical (unpaired) electrons. The summed E-state index contributed by atoms with van der Waals surface area (Å²) in [6, 6.07) is 5.78. The van der Waals surface area contributed by atoms with Crippen LogP contribution in [0.5, 0.6) is 11.5 Å². The average Bonchev–Trinajstić information content (AvgIpc) is 2.48. The summed E-state index contributed by atoms with van der Waals surface area (Å²) < 4.78 is 16.2. The van der Waals surface area contributed by atoms with Crippen molar-refractivity contribution in [3.8, 4) is 11.5 Å². The maximum atomic E-state index is 11.8. The average molecular weight is 293 g/mol. The molecule has 21 heavy (non-hydrogen) atoms. The molecule has 2 unspecified atom stereocenters. The number of carbonyl (C=O) groups is 1. The fourth-order valence-corrected chi connectivity index (χ4v) is 2.80. The number of carbonyl (C=O) groups excluding carboxylic acids is 1. The third kappa shape index (κ3) is 3.47. The molecular weight excluding hydrogens is 270 g/mol. The summed E-state index contributed by atoms with van der Waals surface area (Å²) in [5.41, 5.74) is 6.32. The van der Waals surface area contributed by atoms with Crippen LogP contribution < -0.4 is 15.2 Å². The molecule has 2 rings (SSSR count). The third-order valence-electron chi connectivity index (χ3n) is 3.95. The van der Waals surface area contributed by atoms with Crippen LogP contribution in [0, 0.1) is 6.92 Å².